The van der Waals surface area contributed by atoms with Gasteiger partial charge >= 0.3 is 5.97 Å². The Labute approximate surface area is 121 Å². The Morgan fingerprint density at radius 2 is 2.21 bits per heavy atom. The minimum atomic E-state index is -1.52. The largest absolute Gasteiger partial charge is 0.478 e. The number of halogens is 1. The van der Waals surface area contributed by atoms with E-state index in [9.17, 15) is 13.8 Å². The minimum Gasteiger partial charge on any atom is -0.478 e. The van der Waals surface area contributed by atoms with Gasteiger partial charge in [0.25, 0.3) is 0 Å². The summed E-state index contributed by atoms with van der Waals surface area (Å²) in [6.45, 7) is 0.581. The van der Waals surface area contributed by atoms with E-state index in [1.165, 1.54) is 6.07 Å². The molecule has 1 aromatic rings. The topological polar surface area (TPSA) is 74.7 Å². The molecule has 1 aromatic carbocycles. The van der Waals surface area contributed by atoms with Gasteiger partial charge in [-0.05, 0) is 40.5 Å². The van der Waals surface area contributed by atoms with E-state index in [1.54, 1.807) is 24.1 Å². The number of carbonyl (C=O) groups is 2. The second kappa shape index (κ2) is 5.42. The molecule has 0 saturated carbocycles. The van der Waals surface area contributed by atoms with E-state index in [0.29, 0.717) is 22.3 Å². The van der Waals surface area contributed by atoms with E-state index in [4.69, 9.17) is 5.11 Å². The van der Waals surface area contributed by atoms with Gasteiger partial charge in [-0.15, -0.1) is 0 Å². The minimum absolute atomic E-state index is 0.0460. The van der Waals surface area contributed by atoms with Gasteiger partial charge in [0.05, 0.1) is 16.4 Å². The summed E-state index contributed by atoms with van der Waals surface area (Å²) in [5.74, 6) is -1.25. The van der Waals surface area contributed by atoms with E-state index in [1.807, 2.05) is 0 Å². The Bertz CT molecular complexity index is 575. The molecule has 1 saturated heterocycles. The van der Waals surface area contributed by atoms with Gasteiger partial charge in [-0.2, -0.15) is 0 Å². The first-order chi connectivity index (χ1) is 8.91. The first-order valence-electron chi connectivity index (χ1n) is 5.60. The molecule has 2 rings (SSSR count). The van der Waals surface area contributed by atoms with Crippen molar-refractivity contribution < 1.29 is 18.9 Å². The van der Waals surface area contributed by atoms with Crippen LogP contribution in [0.25, 0.3) is 0 Å². The fraction of sp³-hybridized carbons (Fsp3) is 0.333. The maximum Gasteiger partial charge on any atom is 0.336 e. The van der Waals surface area contributed by atoms with Crippen molar-refractivity contribution in [1.29, 1.82) is 0 Å². The number of carboxylic acid groups (broad SMARTS) is 1. The summed E-state index contributed by atoms with van der Waals surface area (Å²) in [5.41, 5.74) is 0.0460. The van der Waals surface area contributed by atoms with Crippen molar-refractivity contribution in [3.05, 3.63) is 28.2 Å². The molecule has 1 N–H and O–H groups in total. The van der Waals surface area contributed by atoms with Gasteiger partial charge in [-0.25, -0.2) is 4.79 Å². The average molecular weight is 346 g/mol. The lowest BCUT2D eigenvalue weighted by molar-refractivity contribution is -0.126. The van der Waals surface area contributed by atoms with Crippen LogP contribution in [0.2, 0.25) is 0 Å². The van der Waals surface area contributed by atoms with Crippen molar-refractivity contribution in [2.45, 2.75) is 16.6 Å². The van der Waals surface area contributed by atoms with E-state index >= 15 is 0 Å². The molecule has 2 unspecified atom stereocenters. The number of aromatic carboxylic acids is 1. The number of nitrogens with zero attached hydrogens (tertiary/aromatic N) is 1. The van der Waals surface area contributed by atoms with Crippen molar-refractivity contribution in [3.63, 3.8) is 0 Å². The molecule has 7 heteroatoms. The number of rotatable bonds is 3. The van der Waals surface area contributed by atoms with E-state index < -0.39 is 22.0 Å². The Morgan fingerprint density at radius 3 is 2.74 bits per heavy atom. The molecule has 1 aliphatic rings. The highest BCUT2D eigenvalue weighted by molar-refractivity contribution is 9.10. The maximum atomic E-state index is 12.3. The molecule has 0 bridgehead atoms. The van der Waals surface area contributed by atoms with Crippen LogP contribution in [-0.4, -0.2) is 44.9 Å². The van der Waals surface area contributed by atoms with Crippen molar-refractivity contribution in [3.8, 4) is 0 Å². The predicted molar refractivity (Wildman–Crippen MR) is 73.6 cm³/mol. The van der Waals surface area contributed by atoms with Gasteiger partial charge in [0.1, 0.15) is 5.25 Å². The van der Waals surface area contributed by atoms with Crippen LogP contribution in [0.3, 0.4) is 0 Å². The zero-order valence-electron chi connectivity index (χ0n) is 10.1. The molecule has 102 valence electrons. The lowest BCUT2D eigenvalue weighted by atomic mass is 10.2. The standard InChI is InChI=1S/C12H12BrNO4S/c1-14-5-4-10(11(14)15)19(18)7-2-3-9(13)8(6-7)12(16)17/h2-3,6,10H,4-5H2,1H3,(H,16,17). The number of carboxylic acids is 1. The van der Waals surface area contributed by atoms with Gasteiger partial charge in [-0.1, -0.05) is 0 Å². The van der Waals surface area contributed by atoms with E-state index in [-0.39, 0.29) is 11.5 Å². The van der Waals surface area contributed by atoms with Crippen LogP contribution in [0.5, 0.6) is 0 Å². The van der Waals surface area contributed by atoms with Crippen LogP contribution in [-0.2, 0) is 15.6 Å². The number of hydrogen-bond donors (Lipinski definition) is 1. The zero-order chi connectivity index (χ0) is 14.2. The maximum absolute atomic E-state index is 12.3. The molecule has 1 heterocycles. The number of carbonyl (C=O) groups excluding carboxylic acids is 1. The van der Waals surface area contributed by atoms with Gasteiger partial charge in [0.2, 0.25) is 5.91 Å². The molecule has 2 atom stereocenters. The van der Waals surface area contributed by atoms with Crippen LogP contribution in [0.4, 0.5) is 0 Å². The third-order valence-corrected chi connectivity index (χ3v) is 5.40. The molecular formula is C12H12BrNO4S. The van der Waals surface area contributed by atoms with Crippen LogP contribution in [0.15, 0.2) is 27.6 Å². The number of hydrogen-bond acceptors (Lipinski definition) is 3. The van der Waals surface area contributed by atoms with Gasteiger partial charge in [-0.3, -0.25) is 9.00 Å². The third-order valence-electron chi connectivity index (χ3n) is 3.04. The second-order valence-corrected chi connectivity index (χ2v) is 6.77. The van der Waals surface area contributed by atoms with Crippen molar-refractivity contribution in [1.82, 2.24) is 4.90 Å². The molecule has 0 aromatic heterocycles. The highest BCUT2D eigenvalue weighted by atomic mass is 79.9. The number of benzene rings is 1. The van der Waals surface area contributed by atoms with Crippen LogP contribution in [0, 0.1) is 0 Å². The average Bonchev–Trinajstić information content (AvgIpc) is 2.69. The molecule has 0 radical (unpaired) electrons. The molecule has 0 aliphatic carbocycles. The summed E-state index contributed by atoms with van der Waals surface area (Å²) in [6, 6.07) is 4.48. The highest BCUT2D eigenvalue weighted by Crippen LogP contribution is 2.25. The van der Waals surface area contributed by atoms with Gasteiger partial charge in [0.15, 0.2) is 0 Å². The quantitative estimate of drug-likeness (QED) is 0.900. The first-order valence-corrected chi connectivity index (χ1v) is 7.61. The molecule has 1 amide bonds. The van der Waals surface area contributed by atoms with Crippen molar-refractivity contribution >= 4 is 38.6 Å². The Morgan fingerprint density at radius 1 is 1.53 bits per heavy atom. The normalized spacial score (nSPS) is 20.6. The summed E-state index contributed by atoms with van der Waals surface area (Å²) in [4.78, 5) is 24.8. The Kier molecular flexibility index (Phi) is 4.05. The monoisotopic (exact) mass is 345 g/mol. The number of amides is 1. The van der Waals surface area contributed by atoms with Gasteiger partial charge in [0, 0.05) is 23.0 Å². The molecule has 19 heavy (non-hydrogen) atoms. The van der Waals surface area contributed by atoms with Crippen molar-refractivity contribution in [2.24, 2.45) is 0 Å². The summed E-state index contributed by atoms with van der Waals surface area (Å²) >= 11 is 3.13. The van der Waals surface area contributed by atoms with Gasteiger partial charge < -0.3 is 10.0 Å². The second-order valence-electron chi connectivity index (χ2n) is 4.28. The third kappa shape index (κ3) is 2.71. The highest BCUT2D eigenvalue weighted by Gasteiger charge is 2.34. The predicted octanol–water partition coefficient (Wildman–Crippen LogP) is 1.49. The summed E-state index contributed by atoms with van der Waals surface area (Å²) in [5, 5.41) is 8.45. The Hall–Kier alpha value is -1.21. The smallest absolute Gasteiger partial charge is 0.336 e. The van der Waals surface area contributed by atoms with Crippen LogP contribution >= 0.6 is 15.9 Å². The SMILES string of the molecule is CN1CCC(S(=O)c2ccc(Br)c(C(=O)O)c2)C1=O. The number of likely N-dealkylation sites (tertiary alicyclic amines) is 1. The van der Waals surface area contributed by atoms with E-state index in [2.05, 4.69) is 15.9 Å². The lowest BCUT2D eigenvalue weighted by Gasteiger charge is -2.11. The molecule has 1 aliphatic heterocycles. The van der Waals surface area contributed by atoms with Crippen LogP contribution in [0.1, 0.15) is 16.8 Å². The van der Waals surface area contributed by atoms with E-state index in [0.717, 1.165) is 0 Å². The molecule has 1 fully saturated rings. The summed E-state index contributed by atoms with van der Waals surface area (Å²) in [6.07, 6.45) is 0.528. The van der Waals surface area contributed by atoms with Crippen LogP contribution < -0.4 is 0 Å². The first kappa shape index (κ1) is 14.2. The summed E-state index contributed by atoms with van der Waals surface area (Å²) < 4.78 is 12.8. The fourth-order valence-corrected chi connectivity index (χ4v) is 3.81. The summed E-state index contributed by atoms with van der Waals surface area (Å²) in [7, 11) is 0.150. The molecule has 5 nitrogen and oxygen atoms in total. The zero-order valence-corrected chi connectivity index (χ0v) is 12.5. The van der Waals surface area contributed by atoms with Crippen molar-refractivity contribution in [2.75, 3.05) is 13.6 Å². The lowest BCUT2D eigenvalue weighted by Crippen LogP contribution is -2.28. The Balaban J connectivity index is 2.32. The fourth-order valence-electron chi connectivity index (χ4n) is 1.95. The molecule has 0 spiro atoms. The molecular weight excluding hydrogens is 334 g/mol.